The van der Waals surface area contributed by atoms with Crippen LogP contribution in [0.3, 0.4) is 0 Å². The van der Waals surface area contributed by atoms with Gasteiger partial charge in [0, 0.05) is 32.4 Å². The summed E-state index contributed by atoms with van der Waals surface area (Å²) in [4.78, 5) is 12.1. The fourth-order valence-corrected chi connectivity index (χ4v) is 3.67. The van der Waals surface area contributed by atoms with Crippen LogP contribution in [0.1, 0.15) is 23.4 Å². The largest absolute Gasteiger partial charge is 0.385 e. The van der Waals surface area contributed by atoms with Crippen molar-refractivity contribution < 1.29 is 9.53 Å². The van der Waals surface area contributed by atoms with Crippen molar-refractivity contribution in [3.8, 4) is 5.69 Å². The summed E-state index contributed by atoms with van der Waals surface area (Å²) < 4.78 is 7.04. The second kappa shape index (κ2) is 10.8. The molecule has 0 saturated heterocycles. The predicted octanol–water partition coefficient (Wildman–Crippen LogP) is 3.41. The van der Waals surface area contributed by atoms with Gasteiger partial charge in [0.25, 0.3) is 0 Å². The van der Waals surface area contributed by atoms with Crippen molar-refractivity contribution in [1.29, 1.82) is 0 Å². The molecule has 7 heteroatoms. The van der Waals surface area contributed by atoms with Gasteiger partial charge >= 0.3 is 0 Å². The fourth-order valence-electron chi connectivity index (χ4n) is 2.87. The van der Waals surface area contributed by atoms with Gasteiger partial charge in [0.1, 0.15) is 5.82 Å². The summed E-state index contributed by atoms with van der Waals surface area (Å²) in [7, 11) is 1.66. The van der Waals surface area contributed by atoms with Crippen LogP contribution >= 0.6 is 11.8 Å². The van der Waals surface area contributed by atoms with Gasteiger partial charge in [-0.3, -0.25) is 9.36 Å². The standard InChI is InChI=1S/C22H26N4O2S/c1-17-9-11-19(12-10-17)26-20(15-18-7-4-3-5-8-18)24-25-22(26)29-16-21(27)23-13-6-14-28-2/h3-5,7-12H,6,13-16H2,1-2H3,(H,23,27). The Hall–Kier alpha value is -2.64. The van der Waals surface area contributed by atoms with Crippen molar-refractivity contribution >= 4 is 17.7 Å². The number of rotatable bonds is 10. The van der Waals surface area contributed by atoms with E-state index in [2.05, 4.69) is 58.8 Å². The number of aryl methyl sites for hydroxylation is 1. The summed E-state index contributed by atoms with van der Waals surface area (Å²) in [5, 5.41) is 12.4. The third-order valence-electron chi connectivity index (χ3n) is 4.38. The first kappa shape index (κ1) is 21.1. The summed E-state index contributed by atoms with van der Waals surface area (Å²) in [6.45, 7) is 3.31. The SMILES string of the molecule is COCCCNC(=O)CSc1nnc(Cc2ccccc2)n1-c1ccc(C)cc1. The predicted molar refractivity (Wildman–Crippen MR) is 116 cm³/mol. The van der Waals surface area contributed by atoms with E-state index in [0.29, 0.717) is 30.5 Å². The van der Waals surface area contributed by atoms with Crippen LogP contribution in [0.15, 0.2) is 59.8 Å². The number of methoxy groups -OCH3 is 1. The lowest BCUT2D eigenvalue weighted by Gasteiger charge is -2.11. The molecule has 0 aliphatic heterocycles. The molecule has 0 aliphatic rings. The van der Waals surface area contributed by atoms with E-state index in [0.717, 1.165) is 17.9 Å². The summed E-state index contributed by atoms with van der Waals surface area (Å²) in [6, 6.07) is 18.4. The molecule has 1 N–H and O–H groups in total. The molecular weight excluding hydrogens is 384 g/mol. The smallest absolute Gasteiger partial charge is 0.230 e. The molecule has 1 amide bonds. The molecule has 152 valence electrons. The van der Waals surface area contributed by atoms with Gasteiger partial charge < -0.3 is 10.1 Å². The molecular formula is C22H26N4O2S. The summed E-state index contributed by atoms with van der Waals surface area (Å²) in [5.74, 6) is 1.12. The van der Waals surface area contributed by atoms with Gasteiger partial charge in [-0.1, -0.05) is 59.8 Å². The Labute approximate surface area is 175 Å². The highest BCUT2D eigenvalue weighted by atomic mass is 32.2. The van der Waals surface area contributed by atoms with Crippen LogP contribution in [0.4, 0.5) is 0 Å². The molecule has 0 spiro atoms. The third kappa shape index (κ3) is 6.17. The second-order valence-electron chi connectivity index (χ2n) is 6.72. The number of carbonyl (C=O) groups is 1. The van der Waals surface area contributed by atoms with Gasteiger partial charge in [0.2, 0.25) is 5.91 Å². The minimum Gasteiger partial charge on any atom is -0.385 e. The molecule has 2 aromatic carbocycles. The lowest BCUT2D eigenvalue weighted by molar-refractivity contribution is -0.118. The first-order valence-corrected chi connectivity index (χ1v) is 10.6. The maximum Gasteiger partial charge on any atom is 0.230 e. The number of amides is 1. The topological polar surface area (TPSA) is 69.0 Å². The molecule has 0 atom stereocenters. The van der Waals surface area contributed by atoms with E-state index in [1.807, 2.05) is 22.8 Å². The van der Waals surface area contributed by atoms with Crippen molar-refractivity contribution in [2.45, 2.75) is 24.9 Å². The number of hydrogen-bond donors (Lipinski definition) is 1. The van der Waals surface area contributed by atoms with E-state index in [1.165, 1.54) is 22.9 Å². The van der Waals surface area contributed by atoms with E-state index in [9.17, 15) is 4.79 Å². The fraction of sp³-hybridized carbons (Fsp3) is 0.318. The Balaban J connectivity index is 1.76. The molecule has 0 radical (unpaired) electrons. The lowest BCUT2D eigenvalue weighted by atomic mass is 10.1. The molecule has 1 aromatic heterocycles. The molecule has 1 heterocycles. The number of hydrogen-bond acceptors (Lipinski definition) is 5. The minimum atomic E-state index is -0.0193. The average molecular weight is 411 g/mol. The molecule has 0 bridgehead atoms. The van der Waals surface area contributed by atoms with Gasteiger partial charge in [-0.05, 0) is 31.0 Å². The molecule has 3 aromatic rings. The zero-order valence-corrected chi connectivity index (χ0v) is 17.6. The molecule has 6 nitrogen and oxygen atoms in total. The van der Waals surface area contributed by atoms with Crippen LogP contribution < -0.4 is 5.32 Å². The van der Waals surface area contributed by atoms with Crippen molar-refractivity contribution in [3.63, 3.8) is 0 Å². The van der Waals surface area contributed by atoms with Gasteiger partial charge in [0.05, 0.1) is 5.75 Å². The number of thioether (sulfide) groups is 1. The van der Waals surface area contributed by atoms with E-state index < -0.39 is 0 Å². The number of nitrogens with one attached hydrogen (secondary N) is 1. The average Bonchev–Trinajstić information content (AvgIpc) is 3.13. The Morgan fingerprint density at radius 3 is 2.59 bits per heavy atom. The van der Waals surface area contributed by atoms with Crippen molar-refractivity contribution in [2.24, 2.45) is 0 Å². The Bertz CT molecular complexity index is 910. The monoisotopic (exact) mass is 410 g/mol. The van der Waals surface area contributed by atoms with Crippen LogP contribution in [0.5, 0.6) is 0 Å². The Morgan fingerprint density at radius 1 is 1.10 bits per heavy atom. The van der Waals surface area contributed by atoms with Crippen LogP contribution in [-0.2, 0) is 16.0 Å². The van der Waals surface area contributed by atoms with Crippen LogP contribution in [0, 0.1) is 6.92 Å². The molecule has 29 heavy (non-hydrogen) atoms. The molecule has 0 aliphatic carbocycles. The van der Waals surface area contributed by atoms with Crippen LogP contribution in [0.25, 0.3) is 5.69 Å². The maximum absolute atomic E-state index is 12.1. The summed E-state index contributed by atoms with van der Waals surface area (Å²) in [5.41, 5.74) is 3.35. The van der Waals surface area contributed by atoms with Crippen LogP contribution in [-0.4, -0.2) is 46.7 Å². The quantitative estimate of drug-likeness (QED) is 0.410. The van der Waals surface area contributed by atoms with Crippen molar-refractivity contribution in [1.82, 2.24) is 20.1 Å². The lowest BCUT2D eigenvalue weighted by Crippen LogP contribution is -2.27. The van der Waals surface area contributed by atoms with Gasteiger partial charge in [-0.15, -0.1) is 10.2 Å². The number of benzene rings is 2. The number of nitrogens with zero attached hydrogens (tertiary/aromatic N) is 3. The zero-order chi connectivity index (χ0) is 20.5. The van der Waals surface area contributed by atoms with Crippen LogP contribution in [0.2, 0.25) is 0 Å². The van der Waals surface area contributed by atoms with Gasteiger partial charge in [0.15, 0.2) is 5.16 Å². The zero-order valence-electron chi connectivity index (χ0n) is 16.8. The number of carbonyl (C=O) groups excluding carboxylic acids is 1. The molecule has 3 rings (SSSR count). The summed E-state index contributed by atoms with van der Waals surface area (Å²) >= 11 is 1.40. The first-order valence-electron chi connectivity index (χ1n) is 9.61. The van der Waals surface area contributed by atoms with E-state index in [-0.39, 0.29) is 5.91 Å². The Morgan fingerprint density at radius 2 is 1.86 bits per heavy atom. The third-order valence-corrected chi connectivity index (χ3v) is 5.31. The Kier molecular flexibility index (Phi) is 7.84. The molecule has 0 fully saturated rings. The van der Waals surface area contributed by atoms with Crippen molar-refractivity contribution in [3.05, 3.63) is 71.5 Å². The maximum atomic E-state index is 12.1. The minimum absolute atomic E-state index is 0.0193. The first-order chi connectivity index (χ1) is 14.2. The highest BCUT2D eigenvalue weighted by Gasteiger charge is 2.16. The second-order valence-corrected chi connectivity index (χ2v) is 7.66. The van der Waals surface area contributed by atoms with Crippen molar-refractivity contribution in [2.75, 3.05) is 26.0 Å². The highest BCUT2D eigenvalue weighted by Crippen LogP contribution is 2.23. The highest BCUT2D eigenvalue weighted by molar-refractivity contribution is 7.99. The normalized spacial score (nSPS) is 10.8. The van der Waals surface area contributed by atoms with Gasteiger partial charge in [-0.2, -0.15) is 0 Å². The van der Waals surface area contributed by atoms with E-state index in [1.54, 1.807) is 7.11 Å². The van der Waals surface area contributed by atoms with E-state index in [4.69, 9.17) is 4.74 Å². The summed E-state index contributed by atoms with van der Waals surface area (Å²) in [6.07, 6.45) is 1.47. The van der Waals surface area contributed by atoms with Gasteiger partial charge in [-0.25, -0.2) is 0 Å². The molecule has 0 saturated carbocycles. The van der Waals surface area contributed by atoms with E-state index >= 15 is 0 Å². The number of ether oxygens (including phenoxy) is 1. The number of aromatic nitrogens is 3. The molecule has 0 unspecified atom stereocenters.